The van der Waals surface area contributed by atoms with Gasteiger partial charge in [-0.1, -0.05) is 55.1 Å². The molecule has 0 amide bonds. The first-order valence-electron chi connectivity index (χ1n) is 8.15. The zero-order valence-corrected chi connectivity index (χ0v) is 16.6. The molecule has 0 aromatic heterocycles. The van der Waals surface area contributed by atoms with E-state index in [9.17, 15) is 18.7 Å². The summed E-state index contributed by atoms with van der Waals surface area (Å²) in [5.74, 6) is -0.333. The van der Waals surface area contributed by atoms with E-state index in [1.54, 1.807) is 0 Å². The summed E-state index contributed by atoms with van der Waals surface area (Å²) in [5, 5.41) is -1.43. The minimum atomic E-state index is -4.80. The molecule has 2 aromatic carbocycles. The first kappa shape index (κ1) is 21.2. The van der Waals surface area contributed by atoms with E-state index >= 15 is 0 Å². The minimum absolute atomic E-state index is 0.0665. The zero-order valence-electron chi connectivity index (χ0n) is 14.2. The Hall–Kier alpha value is -1.10. The number of halogens is 3. The Bertz CT molecular complexity index is 794. The van der Waals surface area contributed by atoms with Crippen LogP contribution in [0.4, 0.5) is 4.39 Å². The van der Waals surface area contributed by atoms with Crippen molar-refractivity contribution in [3.05, 3.63) is 63.9 Å². The van der Waals surface area contributed by atoms with Gasteiger partial charge in [0.15, 0.2) is 0 Å². The van der Waals surface area contributed by atoms with Crippen molar-refractivity contribution in [2.75, 3.05) is 0 Å². The molecule has 4 nitrogen and oxygen atoms in total. The quantitative estimate of drug-likeness (QED) is 0.398. The average molecular weight is 421 g/mol. The standard InChI is InChI=1S/C18H20Cl2FO4P/c1-2-3-4-11-18(26(22,23)24,13-5-7-14(21)8-6-13)25-15-9-10-16(19)17(20)12-15/h5-10,12H,2-4,11H2,1H3,(H2,22,23,24). The highest BCUT2D eigenvalue weighted by Gasteiger charge is 2.50. The molecular weight excluding hydrogens is 401 g/mol. The summed E-state index contributed by atoms with van der Waals surface area (Å²) in [6, 6.07) is 9.34. The van der Waals surface area contributed by atoms with Gasteiger partial charge in [0.25, 0.3) is 0 Å². The molecule has 0 saturated heterocycles. The lowest BCUT2D eigenvalue weighted by atomic mass is 10.0. The minimum Gasteiger partial charge on any atom is -0.470 e. The maximum absolute atomic E-state index is 13.3. The topological polar surface area (TPSA) is 66.8 Å². The summed E-state index contributed by atoms with van der Waals surface area (Å²) in [6.07, 6.45) is 2.23. The van der Waals surface area contributed by atoms with Crippen LogP contribution in [0.2, 0.25) is 10.0 Å². The molecule has 2 aromatic rings. The van der Waals surface area contributed by atoms with Gasteiger partial charge in [-0.15, -0.1) is 0 Å². The van der Waals surface area contributed by atoms with Gasteiger partial charge in [0.1, 0.15) is 11.6 Å². The van der Waals surface area contributed by atoms with E-state index in [-0.39, 0.29) is 22.8 Å². The van der Waals surface area contributed by atoms with E-state index in [0.717, 1.165) is 25.0 Å². The summed E-state index contributed by atoms with van der Waals surface area (Å²) in [6.45, 7) is 1.98. The Balaban J connectivity index is 2.54. The molecule has 0 radical (unpaired) electrons. The molecule has 0 fully saturated rings. The van der Waals surface area contributed by atoms with Gasteiger partial charge in [0, 0.05) is 18.1 Å². The first-order chi connectivity index (χ1) is 12.2. The van der Waals surface area contributed by atoms with Crippen LogP contribution in [-0.4, -0.2) is 9.79 Å². The predicted octanol–water partition coefficient (Wildman–Crippen LogP) is 6.12. The average Bonchev–Trinajstić information content (AvgIpc) is 2.57. The highest BCUT2D eigenvalue weighted by Crippen LogP contribution is 2.60. The summed E-state index contributed by atoms with van der Waals surface area (Å²) in [5.41, 5.74) is 0.203. The van der Waals surface area contributed by atoms with Crippen LogP contribution >= 0.6 is 30.8 Å². The molecule has 0 bridgehead atoms. The fourth-order valence-corrected chi connectivity index (χ4v) is 4.14. The SMILES string of the molecule is CCCCCC(Oc1ccc(Cl)c(Cl)c1)(c1ccc(F)cc1)P(=O)(O)O. The third-order valence-corrected chi connectivity index (χ3v) is 6.32. The fourth-order valence-electron chi connectivity index (χ4n) is 2.69. The lowest BCUT2D eigenvalue weighted by Gasteiger charge is -2.35. The second kappa shape index (κ2) is 8.73. The molecule has 0 aliphatic carbocycles. The van der Waals surface area contributed by atoms with E-state index in [1.165, 1.54) is 30.3 Å². The van der Waals surface area contributed by atoms with Crippen molar-refractivity contribution in [2.24, 2.45) is 0 Å². The Kier molecular flexibility index (Phi) is 7.12. The van der Waals surface area contributed by atoms with Crippen LogP contribution in [-0.2, 0) is 9.91 Å². The molecule has 1 atom stereocenters. The fraction of sp³-hybridized carbons (Fsp3) is 0.333. The van der Waals surface area contributed by atoms with Crippen molar-refractivity contribution in [2.45, 2.75) is 37.9 Å². The van der Waals surface area contributed by atoms with Gasteiger partial charge in [-0.3, -0.25) is 4.57 Å². The second-order valence-electron chi connectivity index (χ2n) is 5.97. The molecule has 0 heterocycles. The molecule has 0 spiro atoms. The maximum atomic E-state index is 13.3. The van der Waals surface area contributed by atoms with Gasteiger partial charge < -0.3 is 14.5 Å². The first-order valence-corrected chi connectivity index (χ1v) is 10.5. The van der Waals surface area contributed by atoms with E-state index in [1.807, 2.05) is 6.92 Å². The van der Waals surface area contributed by atoms with E-state index in [2.05, 4.69) is 0 Å². The Morgan fingerprint density at radius 1 is 1.08 bits per heavy atom. The van der Waals surface area contributed by atoms with Crippen LogP contribution in [0.15, 0.2) is 42.5 Å². The van der Waals surface area contributed by atoms with Gasteiger partial charge in [0.05, 0.1) is 10.0 Å². The molecule has 2 N–H and O–H groups in total. The summed E-state index contributed by atoms with van der Waals surface area (Å²) < 4.78 is 31.7. The number of hydrogen-bond acceptors (Lipinski definition) is 2. The van der Waals surface area contributed by atoms with Gasteiger partial charge >= 0.3 is 7.60 Å². The van der Waals surface area contributed by atoms with Gasteiger partial charge in [0.2, 0.25) is 5.34 Å². The van der Waals surface area contributed by atoms with E-state index < -0.39 is 18.8 Å². The van der Waals surface area contributed by atoms with Crippen molar-refractivity contribution in [1.29, 1.82) is 0 Å². The van der Waals surface area contributed by atoms with Crippen LogP contribution in [0, 0.1) is 5.82 Å². The zero-order chi connectivity index (χ0) is 19.4. The number of benzene rings is 2. The van der Waals surface area contributed by atoms with Crippen molar-refractivity contribution in [3.8, 4) is 5.75 Å². The Labute approximate surface area is 162 Å². The molecule has 0 saturated carbocycles. The maximum Gasteiger partial charge on any atom is 0.373 e. The van der Waals surface area contributed by atoms with Crippen molar-refractivity contribution in [1.82, 2.24) is 0 Å². The molecule has 0 aliphatic rings. The highest BCUT2D eigenvalue weighted by molar-refractivity contribution is 7.52. The molecule has 0 aliphatic heterocycles. The molecular formula is C18H20Cl2FO4P. The third-order valence-electron chi connectivity index (χ3n) is 4.06. The highest BCUT2D eigenvalue weighted by atomic mass is 35.5. The van der Waals surface area contributed by atoms with Crippen LogP contribution in [0.25, 0.3) is 0 Å². The molecule has 26 heavy (non-hydrogen) atoms. The van der Waals surface area contributed by atoms with Crippen LogP contribution in [0.5, 0.6) is 5.75 Å². The molecule has 2 rings (SSSR count). The summed E-state index contributed by atoms with van der Waals surface area (Å²) in [4.78, 5) is 20.3. The number of unbranched alkanes of at least 4 members (excludes halogenated alkanes) is 2. The van der Waals surface area contributed by atoms with Gasteiger partial charge in [-0.25, -0.2) is 4.39 Å². The lowest BCUT2D eigenvalue weighted by Crippen LogP contribution is -2.33. The van der Waals surface area contributed by atoms with Crippen molar-refractivity contribution in [3.63, 3.8) is 0 Å². The number of ether oxygens (including phenoxy) is 1. The predicted molar refractivity (Wildman–Crippen MR) is 101 cm³/mol. The van der Waals surface area contributed by atoms with E-state index in [4.69, 9.17) is 27.9 Å². The largest absolute Gasteiger partial charge is 0.470 e. The summed E-state index contributed by atoms with van der Waals surface area (Å²) >= 11 is 11.9. The molecule has 142 valence electrons. The summed E-state index contributed by atoms with van der Waals surface area (Å²) in [7, 11) is -4.80. The van der Waals surface area contributed by atoms with Gasteiger partial charge in [-0.2, -0.15) is 0 Å². The van der Waals surface area contributed by atoms with Crippen molar-refractivity contribution < 1.29 is 23.5 Å². The lowest BCUT2D eigenvalue weighted by molar-refractivity contribution is 0.103. The molecule has 8 heteroatoms. The monoisotopic (exact) mass is 420 g/mol. The van der Waals surface area contributed by atoms with E-state index in [0.29, 0.717) is 11.4 Å². The normalized spacial score (nSPS) is 14.1. The molecule has 1 unspecified atom stereocenters. The van der Waals surface area contributed by atoms with Crippen LogP contribution in [0.1, 0.15) is 38.2 Å². The Morgan fingerprint density at radius 2 is 1.73 bits per heavy atom. The van der Waals surface area contributed by atoms with Gasteiger partial charge in [-0.05, 0) is 30.7 Å². The number of rotatable bonds is 8. The Morgan fingerprint density at radius 3 is 2.27 bits per heavy atom. The van der Waals surface area contributed by atoms with Crippen LogP contribution < -0.4 is 4.74 Å². The smallest absolute Gasteiger partial charge is 0.373 e. The van der Waals surface area contributed by atoms with Crippen molar-refractivity contribution >= 4 is 30.8 Å². The second-order valence-corrected chi connectivity index (χ2v) is 8.60. The van der Waals surface area contributed by atoms with Crippen LogP contribution in [0.3, 0.4) is 0 Å². The third kappa shape index (κ3) is 4.79. The number of hydrogen-bond donors (Lipinski definition) is 2.